The number of fused-ring (bicyclic) bond motifs is 3. The molecule has 0 saturated carbocycles. The number of imidazole rings is 1. The molecule has 1 amide bonds. The molecule has 9 heteroatoms. The van der Waals surface area contributed by atoms with Gasteiger partial charge in [-0.15, -0.1) is 0 Å². The van der Waals surface area contributed by atoms with E-state index in [-0.39, 0.29) is 5.91 Å². The summed E-state index contributed by atoms with van der Waals surface area (Å²) in [5.41, 5.74) is 12.0. The van der Waals surface area contributed by atoms with Crippen LogP contribution in [0.5, 0.6) is 5.75 Å². The van der Waals surface area contributed by atoms with Gasteiger partial charge in [-0.3, -0.25) is 4.79 Å². The second-order valence-electron chi connectivity index (χ2n) is 9.23. The number of phenols is 1. The number of amides is 1. The number of carbonyl (C=O) groups is 1. The lowest BCUT2D eigenvalue weighted by molar-refractivity contribution is -0.118. The van der Waals surface area contributed by atoms with Gasteiger partial charge in [-0.05, 0) is 48.6 Å². The van der Waals surface area contributed by atoms with Crippen LogP contribution in [0.25, 0.3) is 21.9 Å². The highest BCUT2D eigenvalue weighted by Crippen LogP contribution is 2.31. The van der Waals surface area contributed by atoms with Crippen LogP contribution in [0, 0.1) is 6.92 Å². The number of nitrogen functional groups attached to an aromatic ring is 1. The number of carbonyl (C=O) groups excluding carboxylic acids is 1. The number of hydrogen-bond donors (Lipinski definition) is 3. The lowest BCUT2D eigenvalue weighted by atomic mass is 10.1. The van der Waals surface area contributed by atoms with Crippen LogP contribution < -0.4 is 11.1 Å². The highest BCUT2D eigenvalue weighted by atomic mass is 79.9. The van der Waals surface area contributed by atoms with Crippen LogP contribution in [-0.4, -0.2) is 50.6 Å². The molecule has 0 bridgehead atoms. The second kappa shape index (κ2) is 12.4. The van der Waals surface area contributed by atoms with Gasteiger partial charge in [0.05, 0.1) is 29.6 Å². The molecule has 37 heavy (non-hydrogen) atoms. The SMILES string of the molecule is CCCCc1nc2c(N)nc3cc(CCOCCNC(=O)CBr)ccc3c2n1Cc1ccc(O)c(C)c1. The summed E-state index contributed by atoms with van der Waals surface area (Å²) in [7, 11) is 0. The van der Waals surface area contributed by atoms with E-state index in [4.69, 9.17) is 20.4 Å². The molecule has 0 radical (unpaired) electrons. The number of ether oxygens (including phenoxy) is 1. The molecule has 0 saturated heterocycles. The van der Waals surface area contributed by atoms with E-state index in [1.54, 1.807) is 6.07 Å². The maximum absolute atomic E-state index is 11.3. The summed E-state index contributed by atoms with van der Waals surface area (Å²) < 4.78 is 7.93. The number of nitrogens with one attached hydrogen (secondary N) is 1. The van der Waals surface area contributed by atoms with Gasteiger partial charge in [0.15, 0.2) is 5.82 Å². The van der Waals surface area contributed by atoms with Gasteiger partial charge >= 0.3 is 0 Å². The lowest BCUT2D eigenvalue weighted by Gasteiger charge is -2.13. The van der Waals surface area contributed by atoms with Gasteiger partial charge in [0, 0.05) is 24.9 Å². The Balaban J connectivity index is 1.62. The van der Waals surface area contributed by atoms with Crippen molar-refractivity contribution in [2.24, 2.45) is 0 Å². The van der Waals surface area contributed by atoms with Gasteiger partial charge < -0.3 is 25.5 Å². The molecular weight excluding hydrogens is 534 g/mol. The van der Waals surface area contributed by atoms with Crippen LogP contribution in [-0.2, 0) is 28.9 Å². The average molecular weight is 569 g/mol. The molecule has 0 aliphatic heterocycles. The zero-order valence-electron chi connectivity index (χ0n) is 21.4. The Morgan fingerprint density at radius 2 is 1.95 bits per heavy atom. The molecule has 8 nitrogen and oxygen atoms in total. The zero-order chi connectivity index (χ0) is 26.4. The molecule has 2 heterocycles. The van der Waals surface area contributed by atoms with Gasteiger partial charge in [0.1, 0.15) is 17.1 Å². The molecule has 0 aliphatic carbocycles. The van der Waals surface area contributed by atoms with Crippen LogP contribution in [0.3, 0.4) is 0 Å². The average Bonchev–Trinajstić information content (AvgIpc) is 3.25. The summed E-state index contributed by atoms with van der Waals surface area (Å²) in [6, 6.07) is 12.0. The van der Waals surface area contributed by atoms with E-state index in [1.807, 2.05) is 19.1 Å². The minimum absolute atomic E-state index is 0.0502. The Morgan fingerprint density at radius 3 is 2.70 bits per heavy atom. The summed E-state index contributed by atoms with van der Waals surface area (Å²) >= 11 is 3.12. The van der Waals surface area contributed by atoms with E-state index in [0.717, 1.165) is 70.1 Å². The fraction of sp³-hybridized carbons (Fsp3) is 0.393. The van der Waals surface area contributed by atoms with Crippen LogP contribution in [0.4, 0.5) is 5.82 Å². The number of unbranched alkanes of at least 4 members (excludes halogenated alkanes) is 1. The number of alkyl halides is 1. The summed E-state index contributed by atoms with van der Waals surface area (Å²) in [5, 5.41) is 14.1. The number of phenolic OH excluding ortho intramolecular Hbond substituents is 1. The third-order valence-corrected chi connectivity index (χ3v) is 6.94. The van der Waals surface area contributed by atoms with Crippen LogP contribution in [0.2, 0.25) is 0 Å². The molecule has 0 aliphatic rings. The molecule has 4 N–H and O–H groups in total. The molecule has 0 fully saturated rings. The van der Waals surface area contributed by atoms with E-state index >= 15 is 0 Å². The normalized spacial score (nSPS) is 11.4. The van der Waals surface area contributed by atoms with Gasteiger partial charge in [-0.1, -0.05) is 53.5 Å². The summed E-state index contributed by atoms with van der Waals surface area (Å²) in [6.45, 7) is 6.22. The van der Waals surface area contributed by atoms with Crippen molar-refractivity contribution in [3.63, 3.8) is 0 Å². The highest BCUT2D eigenvalue weighted by molar-refractivity contribution is 9.09. The van der Waals surface area contributed by atoms with Gasteiger partial charge in [0.2, 0.25) is 5.91 Å². The van der Waals surface area contributed by atoms with Crippen LogP contribution in [0.1, 0.15) is 42.3 Å². The van der Waals surface area contributed by atoms with E-state index in [2.05, 4.69) is 50.9 Å². The number of benzene rings is 2. The summed E-state index contributed by atoms with van der Waals surface area (Å²) in [6.07, 6.45) is 3.70. The first-order valence-electron chi connectivity index (χ1n) is 12.7. The number of aromatic nitrogens is 3. The predicted molar refractivity (Wildman–Crippen MR) is 151 cm³/mol. The highest BCUT2D eigenvalue weighted by Gasteiger charge is 2.18. The quantitative estimate of drug-likeness (QED) is 0.169. The summed E-state index contributed by atoms with van der Waals surface area (Å²) in [5.74, 6) is 1.67. The smallest absolute Gasteiger partial charge is 0.230 e. The van der Waals surface area contributed by atoms with Crippen molar-refractivity contribution in [1.82, 2.24) is 19.9 Å². The number of rotatable bonds is 12. The number of pyridine rings is 1. The fourth-order valence-electron chi connectivity index (χ4n) is 4.46. The molecule has 2 aromatic heterocycles. The third kappa shape index (κ3) is 6.40. The topological polar surface area (TPSA) is 115 Å². The van der Waals surface area contributed by atoms with Crippen molar-refractivity contribution < 1.29 is 14.6 Å². The second-order valence-corrected chi connectivity index (χ2v) is 9.79. The third-order valence-electron chi connectivity index (χ3n) is 6.43. The molecule has 0 atom stereocenters. The van der Waals surface area contributed by atoms with E-state index < -0.39 is 0 Å². The van der Waals surface area contributed by atoms with Crippen molar-refractivity contribution in [3.05, 3.63) is 58.9 Å². The van der Waals surface area contributed by atoms with Crippen molar-refractivity contribution in [2.45, 2.75) is 46.1 Å². The Labute approximate surface area is 225 Å². The monoisotopic (exact) mass is 567 g/mol. The number of nitrogens with two attached hydrogens (primary N) is 1. The largest absolute Gasteiger partial charge is 0.508 e. The van der Waals surface area contributed by atoms with E-state index in [0.29, 0.717) is 43.2 Å². The summed E-state index contributed by atoms with van der Waals surface area (Å²) in [4.78, 5) is 20.9. The first-order chi connectivity index (χ1) is 17.9. The Hall–Kier alpha value is -3.17. The molecular formula is C28H34BrN5O3. The molecule has 2 aromatic carbocycles. The zero-order valence-corrected chi connectivity index (χ0v) is 23.0. The number of anilines is 1. The van der Waals surface area contributed by atoms with E-state index in [9.17, 15) is 9.90 Å². The van der Waals surface area contributed by atoms with Crippen LogP contribution in [0.15, 0.2) is 36.4 Å². The number of nitrogens with zero attached hydrogens (tertiary/aromatic N) is 3. The predicted octanol–water partition coefficient (Wildman–Crippen LogP) is 4.64. The van der Waals surface area contributed by atoms with Gasteiger partial charge in [-0.2, -0.15) is 0 Å². The number of halogens is 1. The Kier molecular flexibility index (Phi) is 9.00. The maximum Gasteiger partial charge on any atom is 0.230 e. The van der Waals surface area contributed by atoms with Gasteiger partial charge in [0.25, 0.3) is 0 Å². The molecule has 4 aromatic rings. The minimum Gasteiger partial charge on any atom is -0.508 e. The van der Waals surface area contributed by atoms with Crippen molar-refractivity contribution in [2.75, 3.05) is 30.8 Å². The van der Waals surface area contributed by atoms with Crippen molar-refractivity contribution in [3.8, 4) is 5.75 Å². The molecule has 196 valence electrons. The number of aromatic hydroxyl groups is 1. The number of hydrogen-bond acceptors (Lipinski definition) is 6. The molecule has 0 spiro atoms. The molecule has 0 unspecified atom stereocenters. The van der Waals surface area contributed by atoms with Crippen molar-refractivity contribution in [1.29, 1.82) is 0 Å². The standard InChI is InChI=1S/C28H34BrN5O3/c1-3-4-5-24-33-26-27(34(24)17-20-7-9-23(35)18(2)14-20)21-8-6-19(15-22(21)32-28(26)30)10-12-37-13-11-31-25(36)16-29/h6-9,14-15,35H,3-5,10-13,16-17H2,1-2H3,(H2,30,32)(H,31,36). The molecule has 4 rings (SSSR count). The minimum atomic E-state index is -0.0502. The van der Waals surface area contributed by atoms with Crippen molar-refractivity contribution >= 4 is 49.6 Å². The first-order valence-corrected chi connectivity index (χ1v) is 13.8. The van der Waals surface area contributed by atoms with Crippen LogP contribution >= 0.6 is 15.9 Å². The lowest BCUT2D eigenvalue weighted by Crippen LogP contribution is -2.28. The first kappa shape index (κ1) is 26.9. The fourth-order valence-corrected chi connectivity index (χ4v) is 4.65. The van der Waals surface area contributed by atoms with E-state index in [1.165, 1.54) is 0 Å². The maximum atomic E-state index is 11.3. The Morgan fingerprint density at radius 1 is 1.14 bits per heavy atom. The van der Waals surface area contributed by atoms with Gasteiger partial charge in [-0.25, -0.2) is 9.97 Å². The number of aryl methyl sites for hydroxylation is 2. The Bertz CT molecular complexity index is 1400.